The van der Waals surface area contributed by atoms with Crippen LogP contribution in [0.1, 0.15) is 23.2 Å². The van der Waals surface area contributed by atoms with Gasteiger partial charge < -0.3 is 15.7 Å². The largest absolute Gasteiger partial charge is 0.478 e. The lowest BCUT2D eigenvalue weighted by Gasteiger charge is -2.11. The SMILES string of the molecule is O=C(CC1CCNC1)Nc1cc(C(=O)O)ccc1Br. The maximum absolute atomic E-state index is 11.9. The van der Waals surface area contributed by atoms with Crippen LogP contribution in [0, 0.1) is 5.92 Å². The Morgan fingerprint density at radius 1 is 1.47 bits per heavy atom. The molecule has 0 radical (unpaired) electrons. The topological polar surface area (TPSA) is 78.4 Å². The molecule has 3 N–H and O–H groups in total. The van der Waals surface area contributed by atoms with Gasteiger partial charge in [0.2, 0.25) is 5.91 Å². The van der Waals surface area contributed by atoms with Gasteiger partial charge >= 0.3 is 5.97 Å². The minimum atomic E-state index is -1.01. The quantitative estimate of drug-likeness (QED) is 0.791. The summed E-state index contributed by atoms with van der Waals surface area (Å²) in [6.45, 7) is 1.82. The van der Waals surface area contributed by atoms with E-state index in [9.17, 15) is 9.59 Å². The van der Waals surface area contributed by atoms with Gasteiger partial charge in [0.25, 0.3) is 0 Å². The zero-order valence-electron chi connectivity index (χ0n) is 10.3. The van der Waals surface area contributed by atoms with Gasteiger partial charge in [-0.2, -0.15) is 0 Å². The second-order valence-corrected chi connectivity index (χ2v) is 5.47. The van der Waals surface area contributed by atoms with Crippen LogP contribution in [0.15, 0.2) is 22.7 Å². The standard InChI is InChI=1S/C13H15BrN2O3/c14-10-2-1-9(13(18)19)6-11(10)16-12(17)5-8-3-4-15-7-8/h1-2,6,8,15H,3-5,7H2,(H,16,17)(H,18,19). The predicted molar refractivity (Wildman–Crippen MR) is 75.3 cm³/mol. The zero-order chi connectivity index (χ0) is 13.8. The van der Waals surface area contributed by atoms with Crippen molar-refractivity contribution in [3.63, 3.8) is 0 Å². The number of carboxylic acid groups (broad SMARTS) is 1. The van der Waals surface area contributed by atoms with E-state index in [0.29, 0.717) is 22.5 Å². The summed E-state index contributed by atoms with van der Waals surface area (Å²) in [5, 5.41) is 14.9. The van der Waals surface area contributed by atoms with Crippen molar-refractivity contribution >= 4 is 33.5 Å². The fourth-order valence-corrected chi connectivity index (χ4v) is 2.45. The molecular formula is C13H15BrN2O3. The summed E-state index contributed by atoms with van der Waals surface area (Å²) in [6.07, 6.45) is 1.46. The van der Waals surface area contributed by atoms with Crippen LogP contribution in [-0.2, 0) is 4.79 Å². The van der Waals surface area contributed by atoms with E-state index in [1.165, 1.54) is 12.1 Å². The average molecular weight is 327 g/mol. The third kappa shape index (κ3) is 3.78. The third-order valence-electron chi connectivity index (χ3n) is 3.12. The second-order valence-electron chi connectivity index (χ2n) is 4.61. The summed E-state index contributed by atoms with van der Waals surface area (Å²) in [7, 11) is 0. The van der Waals surface area contributed by atoms with Gasteiger partial charge in [-0.3, -0.25) is 4.79 Å². The van der Waals surface area contributed by atoms with Crippen LogP contribution in [0.25, 0.3) is 0 Å². The van der Waals surface area contributed by atoms with Crippen LogP contribution in [0.5, 0.6) is 0 Å². The molecule has 1 aliphatic rings. The Bertz CT molecular complexity index is 499. The monoisotopic (exact) mass is 326 g/mol. The Labute approximate surface area is 119 Å². The first-order valence-electron chi connectivity index (χ1n) is 6.09. The highest BCUT2D eigenvalue weighted by atomic mass is 79.9. The van der Waals surface area contributed by atoms with Gasteiger partial charge in [-0.05, 0) is 59.6 Å². The highest BCUT2D eigenvalue weighted by Crippen LogP contribution is 2.24. The number of amides is 1. The van der Waals surface area contributed by atoms with Crippen molar-refractivity contribution in [2.45, 2.75) is 12.8 Å². The molecule has 1 saturated heterocycles. The molecule has 19 heavy (non-hydrogen) atoms. The molecule has 6 heteroatoms. The number of carboxylic acids is 1. The second kappa shape index (κ2) is 6.16. The van der Waals surface area contributed by atoms with E-state index in [0.717, 1.165) is 19.5 Å². The lowest BCUT2D eigenvalue weighted by atomic mass is 10.0. The van der Waals surface area contributed by atoms with E-state index in [2.05, 4.69) is 26.6 Å². The summed E-state index contributed by atoms with van der Waals surface area (Å²) < 4.78 is 0.676. The van der Waals surface area contributed by atoms with Gasteiger partial charge in [0.1, 0.15) is 0 Å². The Morgan fingerprint density at radius 2 is 2.26 bits per heavy atom. The Balaban J connectivity index is 2.02. The van der Waals surface area contributed by atoms with Gasteiger partial charge in [-0.25, -0.2) is 4.79 Å². The Hall–Kier alpha value is -1.40. The molecular weight excluding hydrogens is 312 g/mol. The summed E-state index contributed by atoms with van der Waals surface area (Å²) in [5.74, 6) is -0.735. The molecule has 0 aromatic heterocycles. The molecule has 1 aliphatic heterocycles. The first-order chi connectivity index (χ1) is 9.06. The number of anilines is 1. The molecule has 102 valence electrons. The van der Waals surface area contributed by atoms with Crippen LogP contribution in [0.2, 0.25) is 0 Å². The molecule has 1 fully saturated rings. The van der Waals surface area contributed by atoms with Crippen LogP contribution in [0.3, 0.4) is 0 Å². The fraction of sp³-hybridized carbons (Fsp3) is 0.385. The van der Waals surface area contributed by atoms with E-state index >= 15 is 0 Å². The number of hydrogen-bond donors (Lipinski definition) is 3. The first kappa shape index (κ1) is 14.0. The van der Waals surface area contributed by atoms with Crippen molar-refractivity contribution in [2.75, 3.05) is 18.4 Å². The van der Waals surface area contributed by atoms with Gasteiger partial charge in [0.15, 0.2) is 0 Å². The number of rotatable bonds is 4. The van der Waals surface area contributed by atoms with E-state index in [1.54, 1.807) is 6.07 Å². The van der Waals surface area contributed by atoms with Gasteiger partial charge in [-0.1, -0.05) is 0 Å². The maximum Gasteiger partial charge on any atom is 0.335 e. The van der Waals surface area contributed by atoms with E-state index < -0.39 is 5.97 Å². The zero-order valence-corrected chi connectivity index (χ0v) is 11.9. The minimum absolute atomic E-state index is 0.0862. The van der Waals surface area contributed by atoms with Gasteiger partial charge in [0, 0.05) is 10.9 Å². The number of halogens is 1. The fourth-order valence-electron chi connectivity index (χ4n) is 2.11. The number of benzene rings is 1. The summed E-state index contributed by atoms with van der Waals surface area (Å²) in [5.41, 5.74) is 0.650. The van der Waals surface area contributed by atoms with Crippen molar-refractivity contribution in [2.24, 2.45) is 5.92 Å². The van der Waals surface area contributed by atoms with E-state index in [-0.39, 0.29) is 11.5 Å². The Morgan fingerprint density at radius 3 is 2.89 bits per heavy atom. The van der Waals surface area contributed by atoms with Crippen molar-refractivity contribution in [1.29, 1.82) is 0 Å². The smallest absolute Gasteiger partial charge is 0.335 e. The average Bonchev–Trinajstić information content (AvgIpc) is 2.84. The normalized spacial score (nSPS) is 18.3. The van der Waals surface area contributed by atoms with Crippen molar-refractivity contribution in [3.8, 4) is 0 Å². The van der Waals surface area contributed by atoms with Crippen molar-refractivity contribution in [3.05, 3.63) is 28.2 Å². The number of aromatic carboxylic acids is 1. The molecule has 1 atom stereocenters. The number of hydrogen-bond acceptors (Lipinski definition) is 3. The Kier molecular flexibility index (Phi) is 4.55. The van der Waals surface area contributed by atoms with Crippen LogP contribution in [0.4, 0.5) is 5.69 Å². The van der Waals surface area contributed by atoms with E-state index in [1.807, 2.05) is 0 Å². The summed E-state index contributed by atoms with van der Waals surface area (Å²) in [6, 6.07) is 4.57. The number of nitrogens with one attached hydrogen (secondary N) is 2. The number of carbonyl (C=O) groups excluding carboxylic acids is 1. The van der Waals surface area contributed by atoms with Crippen molar-refractivity contribution in [1.82, 2.24) is 5.32 Å². The first-order valence-corrected chi connectivity index (χ1v) is 6.89. The minimum Gasteiger partial charge on any atom is -0.478 e. The molecule has 2 rings (SSSR count). The van der Waals surface area contributed by atoms with Crippen LogP contribution < -0.4 is 10.6 Å². The van der Waals surface area contributed by atoms with Gasteiger partial charge in [-0.15, -0.1) is 0 Å². The molecule has 0 saturated carbocycles. The summed E-state index contributed by atoms with van der Waals surface area (Å²) >= 11 is 3.30. The molecule has 5 nitrogen and oxygen atoms in total. The van der Waals surface area contributed by atoms with Crippen LogP contribution in [-0.4, -0.2) is 30.1 Å². The molecule has 1 unspecified atom stereocenters. The molecule has 1 heterocycles. The molecule has 1 aromatic rings. The molecule has 0 spiro atoms. The maximum atomic E-state index is 11.9. The lowest BCUT2D eigenvalue weighted by Crippen LogP contribution is -2.18. The van der Waals surface area contributed by atoms with E-state index in [4.69, 9.17) is 5.11 Å². The highest BCUT2D eigenvalue weighted by Gasteiger charge is 2.18. The van der Waals surface area contributed by atoms with Crippen LogP contribution >= 0.6 is 15.9 Å². The molecule has 0 aliphatic carbocycles. The molecule has 1 amide bonds. The lowest BCUT2D eigenvalue weighted by molar-refractivity contribution is -0.117. The third-order valence-corrected chi connectivity index (χ3v) is 3.82. The predicted octanol–water partition coefficient (Wildman–Crippen LogP) is 2.09. The van der Waals surface area contributed by atoms with Gasteiger partial charge in [0.05, 0.1) is 11.3 Å². The summed E-state index contributed by atoms with van der Waals surface area (Å²) in [4.78, 5) is 22.8. The van der Waals surface area contributed by atoms with Crippen molar-refractivity contribution < 1.29 is 14.7 Å². The highest BCUT2D eigenvalue weighted by molar-refractivity contribution is 9.10. The molecule has 1 aromatic carbocycles. The number of carbonyl (C=O) groups is 2. The molecule has 0 bridgehead atoms.